The number of benzene rings is 1. The van der Waals surface area contributed by atoms with E-state index in [2.05, 4.69) is 15.5 Å². The van der Waals surface area contributed by atoms with Gasteiger partial charge in [0.25, 0.3) is 0 Å². The number of H-pyrrole nitrogens is 1. The van der Waals surface area contributed by atoms with Gasteiger partial charge in [0.2, 0.25) is 5.91 Å². The molecular weight excluding hydrogens is 359 g/mol. The molecule has 0 fully saturated rings. The number of nitrogens with one attached hydrogen (secondary N) is 2. The highest BCUT2D eigenvalue weighted by molar-refractivity contribution is 7.71. The third-order valence-corrected chi connectivity index (χ3v) is 4.99. The number of aromatic amines is 1. The van der Waals surface area contributed by atoms with Crippen LogP contribution in [0.25, 0.3) is 10.7 Å². The molecule has 0 aliphatic rings. The van der Waals surface area contributed by atoms with Gasteiger partial charge in [-0.25, -0.2) is 4.39 Å². The van der Waals surface area contributed by atoms with Crippen LogP contribution in [0.4, 0.5) is 4.39 Å². The standard InChI is InChI=1S/C17H17FN4OS2/c1-11(16(23)19-9-8-12-4-6-13(18)7-5-12)22-15(20-21-17(22)24)14-3-2-10-25-14/h2-7,10-11H,8-9H2,1H3,(H,19,23)(H,21,24). The van der Waals surface area contributed by atoms with Crippen molar-refractivity contribution < 1.29 is 9.18 Å². The maximum atomic E-state index is 12.9. The number of halogens is 1. The van der Waals surface area contributed by atoms with Gasteiger partial charge in [0.15, 0.2) is 10.6 Å². The van der Waals surface area contributed by atoms with Gasteiger partial charge in [0, 0.05) is 6.54 Å². The van der Waals surface area contributed by atoms with Crippen molar-refractivity contribution in [3.63, 3.8) is 0 Å². The van der Waals surface area contributed by atoms with Crippen LogP contribution in [-0.2, 0) is 11.2 Å². The van der Waals surface area contributed by atoms with Gasteiger partial charge in [0.05, 0.1) is 4.88 Å². The maximum Gasteiger partial charge on any atom is 0.242 e. The average molecular weight is 376 g/mol. The molecule has 0 bridgehead atoms. The molecule has 130 valence electrons. The van der Waals surface area contributed by atoms with Crippen LogP contribution < -0.4 is 5.32 Å². The molecule has 1 amide bonds. The molecule has 8 heteroatoms. The number of nitrogens with zero attached hydrogens (tertiary/aromatic N) is 2. The van der Waals surface area contributed by atoms with Crippen LogP contribution >= 0.6 is 23.6 Å². The third-order valence-electron chi connectivity index (χ3n) is 3.84. The highest BCUT2D eigenvalue weighted by Crippen LogP contribution is 2.25. The molecule has 2 N–H and O–H groups in total. The number of hydrogen-bond donors (Lipinski definition) is 2. The molecule has 3 aromatic rings. The first-order chi connectivity index (χ1) is 12.1. The molecule has 0 aliphatic carbocycles. The fourth-order valence-corrected chi connectivity index (χ4v) is 3.49. The Bertz CT molecular complexity index is 900. The van der Waals surface area contributed by atoms with Crippen molar-refractivity contribution in [2.75, 3.05) is 6.54 Å². The lowest BCUT2D eigenvalue weighted by Gasteiger charge is -2.15. The van der Waals surface area contributed by atoms with Gasteiger partial charge < -0.3 is 5.32 Å². The lowest BCUT2D eigenvalue weighted by Crippen LogP contribution is -2.32. The van der Waals surface area contributed by atoms with Gasteiger partial charge in [-0.15, -0.1) is 11.3 Å². The summed E-state index contributed by atoms with van der Waals surface area (Å²) < 4.78 is 15.0. The van der Waals surface area contributed by atoms with E-state index in [9.17, 15) is 9.18 Å². The van der Waals surface area contributed by atoms with E-state index in [-0.39, 0.29) is 11.7 Å². The molecule has 1 aromatic carbocycles. The summed E-state index contributed by atoms with van der Waals surface area (Å²) >= 11 is 6.81. The highest BCUT2D eigenvalue weighted by atomic mass is 32.1. The number of hydrogen-bond acceptors (Lipinski definition) is 4. The van der Waals surface area contributed by atoms with E-state index >= 15 is 0 Å². The zero-order chi connectivity index (χ0) is 17.8. The van der Waals surface area contributed by atoms with Crippen LogP contribution in [0, 0.1) is 10.6 Å². The van der Waals surface area contributed by atoms with Gasteiger partial charge in [-0.3, -0.25) is 14.5 Å². The van der Waals surface area contributed by atoms with E-state index in [0.29, 0.717) is 23.6 Å². The monoisotopic (exact) mass is 376 g/mol. The summed E-state index contributed by atoms with van der Waals surface area (Å²) in [6, 6.07) is 9.63. The van der Waals surface area contributed by atoms with Crippen molar-refractivity contribution in [1.29, 1.82) is 0 Å². The van der Waals surface area contributed by atoms with E-state index in [1.807, 2.05) is 17.5 Å². The number of carbonyl (C=O) groups is 1. The molecule has 3 rings (SSSR count). The molecular formula is C17H17FN4OS2. The number of carbonyl (C=O) groups excluding carboxylic acids is 1. The van der Waals surface area contributed by atoms with Crippen LogP contribution in [0.1, 0.15) is 18.5 Å². The van der Waals surface area contributed by atoms with Crippen molar-refractivity contribution in [3.8, 4) is 10.7 Å². The minimum atomic E-state index is -0.489. The molecule has 2 heterocycles. The lowest BCUT2D eigenvalue weighted by atomic mass is 10.1. The lowest BCUT2D eigenvalue weighted by molar-refractivity contribution is -0.123. The number of aromatic nitrogens is 3. The van der Waals surface area contributed by atoms with Crippen molar-refractivity contribution in [3.05, 3.63) is 57.9 Å². The Morgan fingerprint density at radius 2 is 2.16 bits per heavy atom. The van der Waals surface area contributed by atoms with Crippen molar-refractivity contribution in [2.45, 2.75) is 19.4 Å². The minimum absolute atomic E-state index is 0.141. The summed E-state index contributed by atoms with van der Waals surface area (Å²) in [5, 5.41) is 11.8. The minimum Gasteiger partial charge on any atom is -0.354 e. The highest BCUT2D eigenvalue weighted by Gasteiger charge is 2.20. The summed E-state index contributed by atoms with van der Waals surface area (Å²) in [4.78, 5) is 13.4. The molecule has 0 aliphatic heterocycles. The second kappa shape index (κ2) is 7.71. The molecule has 0 spiro atoms. The Labute approximate surface area is 153 Å². The molecule has 2 aromatic heterocycles. The summed E-state index contributed by atoms with van der Waals surface area (Å²) in [6.45, 7) is 2.25. The fraction of sp³-hybridized carbons (Fsp3) is 0.235. The predicted octanol–water partition coefficient (Wildman–Crippen LogP) is 3.73. The van der Waals surface area contributed by atoms with Gasteiger partial charge in [0.1, 0.15) is 11.9 Å². The topological polar surface area (TPSA) is 62.7 Å². The summed E-state index contributed by atoms with van der Waals surface area (Å²) in [5.41, 5.74) is 0.966. The first-order valence-electron chi connectivity index (χ1n) is 7.79. The SMILES string of the molecule is CC(C(=O)NCCc1ccc(F)cc1)n1c(-c2cccs2)n[nH]c1=S. The first kappa shape index (κ1) is 17.5. The predicted molar refractivity (Wildman–Crippen MR) is 98.5 cm³/mol. The Hall–Kier alpha value is -2.32. The smallest absolute Gasteiger partial charge is 0.242 e. The zero-order valence-electron chi connectivity index (χ0n) is 13.5. The van der Waals surface area contributed by atoms with E-state index in [0.717, 1.165) is 10.4 Å². The zero-order valence-corrected chi connectivity index (χ0v) is 15.2. The van der Waals surface area contributed by atoms with Gasteiger partial charge in [-0.05, 0) is 54.7 Å². The van der Waals surface area contributed by atoms with Gasteiger partial charge >= 0.3 is 0 Å². The molecule has 0 saturated carbocycles. The molecule has 25 heavy (non-hydrogen) atoms. The Kier molecular flexibility index (Phi) is 5.40. The van der Waals surface area contributed by atoms with E-state index in [1.54, 1.807) is 23.6 Å². The van der Waals surface area contributed by atoms with Crippen LogP contribution in [0.15, 0.2) is 41.8 Å². The molecule has 1 unspecified atom stereocenters. The van der Waals surface area contributed by atoms with Crippen molar-refractivity contribution in [1.82, 2.24) is 20.1 Å². The number of amides is 1. The summed E-state index contributed by atoms with van der Waals surface area (Å²) in [5.74, 6) is 0.246. The molecule has 0 radical (unpaired) electrons. The van der Waals surface area contributed by atoms with E-state index < -0.39 is 6.04 Å². The van der Waals surface area contributed by atoms with Crippen LogP contribution in [0.2, 0.25) is 0 Å². The van der Waals surface area contributed by atoms with E-state index in [1.165, 1.54) is 23.5 Å². The molecule has 1 atom stereocenters. The maximum absolute atomic E-state index is 12.9. The largest absolute Gasteiger partial charge is 0.354 e. The Morgan fingerprint density at radius 3 is 2.84 bits per heavy atom. The van der Waals surface area contributed by atoms with Crippen LogP contribution in [0.5, 0.6) is 0 Å². The Morgan fingerprint density at radius 1 is 1.40 bits per heavy atom. The van der Waals surface area contributed by atoms with Gasteiger partial charge in [-0.1, -0.05) is 18.2 Å². The van der Waals surface area contributed by atoms with Crippen molar-refractivity contribution in [2.24, 2.45) is 0 Å². The average Bonchev–Trinajstić information content (AvgIpc) is 3.25. The summed E-state index contributed by atoms with van der Waals surface area (Å²) in [7, 11) is 0. The van der Waals surface area contributed by atoms with Crippen molar-refractivity contribution >= 4 is 29.5 Å². The summed E-state index contributed by atoms with van der Waals surface area (Å²) in [6.07, 6.45) is 0.632. The third kappa shape index (κ3) is 4.02. The van der Waals surface area contributed by atoms with Crippen LogP contribution in [0.3, 0.4) is 0 Å². The fourth-order valence-electron chi connectivity index (χ4n) is 2.49. The second-order valence-electron chi connectivity index (χ2n) is 5.54. The van der Waals surface area contributed by atoms with Crippen LogP contribution in [-0.4, -0.2) is 27.2 Å². The van der Waals surface area contributed by atoms with Gasteiger partial charge in [-0.2, -0.15) is 5.10 Å². The van der Waals surface area contributed by atoms with E-state index in [4.69, 9.17) is 12.2 Å². The molecule has 0 saturated heterocycles. The quantitative estimate of drug-likeness (QED) is 0.645. The number of thiophene rings is 1. The first-order valence-corrected chi connectivity index (χ1v) is 9.08. The number of rotatable bonds is 6. The second-order valence-corrected chi connectivity index (χ2v) is 6.88. The molecule has 5 nitrogen and oxygen atoms in total. The normalized spacial score (nSPS) is 12.1. The Balaban J connectivity index is 1.66.